The Morgan fingerprint density at radius 1 is 1.20 bits per heavy atom. The third-order valence-corrected chi connectivity index (χ3v) is 11.6. The van der Waals surface area contributed by atoms with Gasteiger partial charge in [0.25, 0.3) is 0 Å². The first-order chi connectivity index (χ1) is 16.2. The average Bonchev–Trinajstić information content (AvgIpc) is 2.99. The van der Waals surface area contributed by atoms with Crippen LogP contribution < -0.4 is 0 Å². The molecule has 0 aromatic heterocycles. The molecule has 35 heavy (non-hydrogen) atoms. The molecule has 0 heterocycles. The van der Waals surface area contributed by atoms with E-state index >= 15 is 0 Å². The van der Waals surface area contributed by atoms with Gasteiger partial charge in [0.2, 0.25) is 0 Å². The van der Waals surface area contributed by atoms with Crippen molar-refractivity contribution in [3.63, 3.8) is 0 Å². The second-order valence-electron chi connectivity index (χ2n) is 13.7. The highest BCUT2D eigenvalue weighted by Crippen LogP contribution is 2.73. The predicted molar refractivity (Wildman–Crippen MR) is 140 cm³/mol. The van der Waals surface area contributed by atoms with E-state index in [9.17, 15) is 14.7 Å². The first-order valence-electron chi connectivity index (χ1n) is 13.9. The maximum absolute atomic E-state index is 13.1. The smallest absolute Gasteiger partial charge is 0.309 e. The van der Waals surface area contributed by atoms with Crippen LogP contribution in [0.3, 0.4) is 0 Å². The van der Waals surface area contributed by atoms with Gasteiger partial charge in [0.05, 0.1) is 19.1 Å². The quantitative estimate of drug-likeness (QED) is 0.350. The van der Waals surface area contributed by atoms with Crippen molar-refractivity contribution in [1.82, 2.24) is 0 Å². The van der Waals surface area contributed by atoms with Crippen molar-refractivity contribution >= 4 is 11.8 Å². The van der Waals surface area contributed by atoms with E-state index < -0.39 is 6.10 Å². The number of esters is 1. The molecular formula is C31H48O4. The summed E-state index contributed by atoms with van der Waals surface area (Å²) in [5.74, 6) is 0.639. The molecule has 196 valence electrons. The van der Waals surface area contributed by atoms with E-state index in [1.54, 1.807) is 0 Å². The van der Waals surface area contributed by atoms with Gasteiger partial charge in [0.15, 0.2) is 0 Å². The molecule has 0 aromatic rings. The van der Waals surface area contributed by atoms with Gasteiger partial charge in [-0.2, -0.15) is 0 Å². The minimum Gasteiger partial charge on any atom is -0.469 e. The SMILES string of the molecule is COC(=O)[C@H](CCC=C(C)C)C1[C@@H](O)C[C@@]2(C)C3=CCC4C(C)(C)C(=O)CC[C@]4(C)C3CCC12C. The van der Waals surface area contributed by atoms with Gasteiger partial charge >= 0.3 is 5.97 Å². The first-order valence-corrected chi connectivity index (χ1v) is 13.9. The monoisotopic (exact) mass is 484 g/mol. The number of ether oxygens (including phenoxy) is 1. The van der Waals surface area contributed by atoms with Gasteiger partial charge in [-0.05, 0) is 86.9 Å². The molecule has 8 atom stereocenters. The lowest BCUT2D eigenvalue weighted by Crippen LogP contribution is -2.57. The lowest BCUT2D eigenvalue weighted by atomic mass is 9.41. The zero-order valence-corrected chi connectivity index (χ0v) is 23.4. The van der Waals surface area contributed by atoms with Crippen molar-refractivity contribution in [3.05, 3.63) is 23.3 Å². The number of ketones is 1. The van der Waals surface area contributed by atoms with Crippen LogP contribution in [-0.2, 0) is 14.3 Å². The van der Waals surface area contributed by atoms with Gasteiger partial charge in [0.1, 0.15) is 5.78 Å². The van der Waals surface area contributed by atoms with Gasteiger partial charge in [0, 0.05) is 17.8 Å². The molecule has 3 fully saturated rings. The summed E-state index contributed by atoms with van der Waals surface area (Å²) >= 11 is 0. The Bertz CT molecular complexity index is 940. The largest absolute Gasteiger partial charge is 0.469 e. The van der Waals surface area contributed by atoms with Crippen LogP contribution in [0, 0.1) is 45.3 Å². The number of carbonyl (C=O) groups excluding carboxylic acids is 2. The van der Waals surface area contributed by atoms with E-state index in [-0.39, 0.29) is 39.5 Å². The Balaban J connectivity index is 1.72. The number of hydrogen-bond donors (Lipinski definition) is 1. The van der Waals surface area contributed by atoms with E-state index in [0.717, 1.165) is 32.1 Å². The maximum Gasteiger partial charge on any atom is 0.309 e. The van der Waals surface area contributed by atoms with E-state index in [1.807, 2.05) is 0 Å². The topological polar surface area (TPSA) is 63.6 Å². The summed E-state index contributed by atoms with van der Waals surface area (Å²) in [6.07, 6.45) is 11.0. The molecule has 4 unspecified atom stereocenters. The summed E-state index contributed by atoms with van der Waals surface area (Å²) in [4.78, 5) is 25.9. The summed E-state index contributed by atoms with van der Waals surface area (Å²) < 4.78 is 5.30. The highest BCUT2D eigenvalue weighted by Gasteiger charge is 2.68. The van der Waals surface area contributed by atoms with Gasteiger partial charge in [-0.25, -0.2) is 0 Å². The number of rotatable bonds is 5. The molecular weight excluding hydrogens is 436 g/mol. The number of aliphatic hydroxyl groups is 1. The number of methoxy groups -OCH3 is 1. The molecule has 0 amide bonds. The van der Waals surface area contributed by atoms with E-state index in [0.29, 0.717) is 36.9 Å². The number of carbonyl (C=O) groups is 2. The molecule has 0 aliphatic heterocycles. The zero-order valence-electron chi connectivity index (χ0n) is 23.4. The van der Waals surface area contributed by atoms with E-state index in [4.69, 9.17) is 4.74 Å². The zero-order chi connectivity index (χ0) is 26.0. The van der Waals surface area contributed by atoms with Crippen LogP contribution in [0.25, 0.3) is 0 Å². The second kappa shape index (κ2) is 8.85. The molecule has 4 aliphatic carbocycles. The lowest BCUT2D eigenvalue weighted by molar-refractivity contribution is -0.154. The Morgan fingerprint density at radius 3 is 2.51 bits per heavy atom. The molecule has 4 heteroatoms. The van der Waals surface area contributed by atoms with Crippen LogP contribution >= 0.6 is 0 Å². The van der Waals surface area contributed by atoms with Crippen LogP contribution in [0.4, 0.5) is 0 Å². The number of fused-ring (bicyclic) bond motifs is 5. The normalized spacial score (nSPS) is 42.8. The van der Waals surface area contributed by atoms with Crippen molar-refractivity contribution in [2.75, 3.05) is 7.11 Å². The predicted octanol–water partition coefficient (Wildman–Crippen LogP) is 6.67. The molecule has 3 saturated carbocycles. The van der Waals surface area contributed by atoms with E-state index in [1.165, 1.54) is 18.3 Å². The van der Waals surface area contributed by atoms with Crippen molar-refractivity contribution in [1.29, 1.82) is 0 Å². The van der Waals surface area contributed by atoms with Gasteiger partial charge in [-0.3, -0.25) is 9.59 Å². The number of allylic oxidation sites excluding steroid dienone is 4. The van der Waals surface area contributed by atoms with Gasteiger partial charge in [-0.15, -0.1) is 0 Å². The van der Waals surface area contributed by atoms with Crippen molar-refractivity contribution in [2.24, 2.45) is 45.3 Å². The molecule has 4 aliphatic rings. The van der Waals surface area contributed by atoms with Crippen LogP contribution in [0.1, 0.15) is 99.8 Å². The van der Waals surface area contributed by atoms with Gasteiger partial charge < -0.3 is 9.84 Å². The fourth-order valence-corrected chi connectivity index (χ4v) is 9.48. The highest BCUT2D eigenvalue weighted by molar-refractivity contribution is 5.85. The third-order valence-electron chi connectivity index (χ3n) is 11.6. The lowest BCUT2D eigenvalue weighted by Gasteiger charge is -2.63. The minimum atomic E-state index is -0.518. The summed E-state index contributed by atoms with van der Waals surface area (Å²) in [6.45, 7) is 15.6. The molecule has 4 rings (SSSR count). The van der Waals surface area contributed by atoms with Crippen LogP contribution in [0.2, 0.25) is 0 Å². The molecule has 0 radical (unpaired) electrons. The van der Waals surface area contributed by atoms with Crippen molar-refractivity contribution < 1.29 is 19.4 Å². The number of Topliss-reactive ketones (excluding diaryl/α,β-unsaturated/α-hetero) is 1. The van der Waals surface area contributed by atoms with Crippen LogP contribution in [0.5, 0.6) is 0 Å². The van der Waals surface area contributed by atoms with Gasteiger partial charge in [-0.1, -0.05) is 57.9 Å². The Labute approximate surface area is 213 Å². The molecule has 0 spiro atoms. The highest BCUT2D eigenvalue weighted by atomic mass is 16.5. The number of hydrogen-bond acceptors (Lipinski definition) is 4. The summed E-state index contributed by atoms with van der Waals surface area (Å²) in [5, 5.41) is 11.6. The third kappa shape index (κ3) is 3.80. The second-order valence-corrected chi connectivity index (χ2v) is 13.7. The molecule has 0 aromatic carbocycles. The summed E-state index contributed by atoms with van der Waals surface area (Å²) in [6, 6.07) is 0. The number of aliphatic hydroxyl groups excluding tert-OH is 1. The van der Waals surface area contributed by atoms with E-state index in [2.05, 4.69) is 60.6 Å². The fraction of sp³-hybridized carbons (Fsp3) is 0.806. The molecule has 0 saturated heterocycles. The molecule has 1 N–H and O–H groups in total. The Kier molecular flexibility index (Phi) is 6.74. The maximum atomic E-state index is 13.1. The summed E-state index contributed by atoms with van der Waals surface area (Å²) in [5.41, 5.74) is 2.27. The first kappa shape index (κ1) is 26.6. The Hall–Kier alpha value is -1.42. The average molecular weight is 485 g/mol. The standard InChI is InChI=1S/C31H48O4/c1-19(2)10-9-11-20(27(34)35-8)26-23(32)18-31(7)22-12-13-24-28(3,4)25(33)15-16-29(24,5)21(22)14-17-30(26,31)6/h10,12,20-21,23-24,26,32H,9,11,13-18H2,1-8H3/t20-,21?,23+,24?,26?,29-,30?,31+/m1/s1. The minimum absolute atomic E-state index is 0.109. The summed E-state index contributed by atoms with van der Waals surface area (Å²) in [7, 11) is 1.48. The molecule has 4 nitrogen and oxygen atoms in total. The van der Waals surface area contributed by atoms with Crippen LogP contribution in [0.15, 0.2) is 23.3 Å². The Morgan fingerprint density at radius 2 is 1.89 bits per heavy atom. The molecule has 0 bridgehead atoms. The van der Waals surface area contributed by atoms with Crippen molar-refractivity contribution in [3.8, 4) is 0 Å². The van der Waals surface area contributed by atoms with Crippen LogP contribution in [-0.4, -0.2) is 30.1 Å². The van der Waals surface area contributed by atoms with Crippen molar-refractivity contribution in [2.45, 2.75) is 106 Å². The fourth-order valence-electron chi connectivity index (χ4n) is 9.48.